The number of benzene rings is 1. The van der Waals surface area contributed by atoms with Crippen LogP contribution >= 0.6 is 0 Å². The van der Waals surface area contributed by atoms with Crippen LogP contribution in [0.1, 0.15) is 32.3 Å². The lowest BCUT2D eigenvalue weighted by Gasteiger charge is -2.36. The maximum atomic E-state index is 12.6. The van der Waals surface area contributed by atoms with E-state index in [2.05, 4.69) is 10.6 Å². The summed E-state index contributed by atoms with van der Waals surface area (Å²) in [4.78, 5) is 12.6. The number of piperidine rings is 1. The van der Waals surface area contributed by atoms with Gasteiger partial charge in [-0.25, -0.2) is 0 Å². The number of aliphatic hydroxyl groups excluding tert-OH is 1. The molecule has 1 fully saturated rings. The van der Waals surface area contributed by atoms with Crippen molar-refractivity contribution >= 4 is 11.6 Å². The predicted molar refractivity (Wildman–Crippen MR) is 80.4 cm³/mol. The van der Waals surface area contributed by atoms with Crippen molar-refractivity contribution < 1.29 is 9.90 Å². The molecule has 0 bridgehead atoms. The quantitative estimate of drug-likeness (QED) is 0.789. The summed E-state index contributed by atoms with van der Waals surface area (Å²) in [5.41, 5.74) is 1.03. The lowest BCUT2D eigenvalue weighted by Crippen LogP contribution is -2.44. The van der Waals surface area contributed by atoms with Crippen molar-refractivity contribution in [1.82, 2.24) is 5.32 Å². The fraction of sp³-hybridized carbons (Fsp3) is 0.562. The van der Waals surface area contributed by atoms with Crippen LogP contribution in [0.5, 0.6) is 0 Å². The number of nitrogens with one attached hydrogen (secondary N) is 2. The number of anilines is 1. The topological polar surface area (TPSA) is 61.4 Å². The first kappa shape index (κ1) is 15.0. The van der Waals surface area contributed by atoms with Gasteiger partial charge in [0.1, 0.15) is 0 Å². The van der Waals surface area contributed by atoms with E-state index in [0.29, 0.717) is 11.6 Å². The molecule has 1 saturated heterocycles. The van der Waals surface area contributed by atoms with Gasteiger partial charge in [0.2, 0.25) is 5.91 Å². The van der Waals surface area contributed by atoms with Gasteiger partial charge in [-0.15, -0.1) is 0 Å². The first-order valence-electron chi connectivity index (χ1n) is 7.26. The average Bonchev–Trinajstić information content (AvgIpc) is 2.48. The number of aliphatic hydroxyl groups is 1. The van der Waals surface area contributed by atoms with Gasteiger partial charge in [-0.3, -0.25) is 4.79 Å². The van der Waals surface area contributed by atoms with Gasteiger partial charge in [0.25, 0.3) is 0 Å². The molecule has 1 aromatic carbocycles. The summed E-state index contributed by atoms with van der Waals surface area (Å²) in [5, 5.41) is 15.7. The van der Waals surface area contributed by atoms with Crippen LogP contribution in [0.2, 0.25) is 0 Å². The average molecular weight is 276 g/mol. The van der Waals surface area contributed by atoms with Gasteiger partial charge in [0.05, 0.1) is 6.61 Å². The molecule has 4 nitrogen and oxygen atoms in total. The van der Waals surface area contributed by atoms with Crippen molar-refractivity contribution in [1.29, 1.82) is 0 Å². The van der Waals surface area contributed by atoms with Crippen LogP contribution in [-0.4, -0.2) is 24.1 Å². The second-order valence-corrected chi connectivity index (χ2v) is 6.03. The molecule has 1 aliphatic heterocycles. The summed E-state index contributed by atoms with van der Waals surface area (Å²) in [7, 11) is 0. The maximum absolute atomic E-state index is 12.6. The zero-order chi connectivity index (χ0) is 14.6. The van der Waals surface area contributed by atoms with E-state index < -0.39 is 5.41 Å². The molecule has 2 rings (SSSR count). The molecule has 1 heterocycles. The molecule has 1 unspecified atom stereocenters. The Morgan fingerprint density at radius 3 is 2.85 bits per heavy atom. The third kappa shape index (κ3) is 3.19. The SMILES string of the molecule is CC(C)(C(=O)Nc1ccccc1CO)C1CCCNC1. The maximum Gasteiger partial charge on any atom is 0.230 e. The summed E-state index contributed by atoms with van der Waals surface area (Å²) in [6, 6.07) is 7.38. The Kier molecular flexibility index (Phi) is 4.78. The van der Waals surface area contributed by atoms with Gasteiger partial charge in [-0.1, -0.05) is 32.0 Å². The minimum atomic E-state index is -0.421. The zero-order valence-corrected chi connectivity index (χ0v) is 12.3. The second kappa shape index (κ2) is 6.37. The normalized spacial score (nSPS) is 19.6. The monoisotopic (exact) mass is 276 g/mol. The van der Waals surface area contributed by atoms with Crippen LogP contribution in [0.25, 0.3) is 0 Å². The largest absolute Gasteiger partial charge is 0.392 e. The molecular weight excluding hydrogens is 252 g/mol. The van der Waals surface area contributed by atoms with Gasteiger partial charge in [0, 0.05) is 16.7 Å². The van der Waals surface area contributed by atoms with Crippen LogP contribution in [0.3, 0.4) is 0 Å². The predicted octanol–water partition coefficient (Wildman–Crippen LogP) is 2.14. The molecule has 3 N–H and O–H groups in total. The van der Waals surface area contributed by atoms with Gasteiger partial charge in [-0.2, -0.15) is 0 Å². The Balaban J connectivity index is 2.10. The fourth-order valence-electron chi connectivity index (χ4n) is 2.72. The molecule has 0 radical (unpaired) electrons. The van der Waals surface area contributed by atoms with Crippen LogP contribution in [-0.2, 0) is 11.4 Å². The van der Waals surface area contributed by atoms with Gasteiger partial charge in [0.15, 0.2) is 0 Å². The molecule has 1 aromatic rings. The highest BCUT2D eigenvalue weighted by Crippen LogP contribution is 2.33. The molecule has 4 heteroatoms. The minimum absolute atomic E-state index is 0.0205. The number of carbonyl (C=O) groups excluding carboxylic acids is 1. The van der Waals surface area contributed by atoms with E-state index in [1.54, 1.807) is 0 Å². The third-order valence-corrected chi connectivity index (χ3v) is 4.34. The summed E-state index contributed by atoms with van der Waals surface area (Å²) in [5.74, 6) is 0.365. The van der Waals surface area contributed by atoms with Crippen LogP contribution in [0.4, 0.5) is 5.69 Å². The van der Waals surface area contributed by atoms with Crippen molar-refractivity contribution in [3.05, 3.63) is 29.8 Å². The number of hydrogen-bond donors (Lipinski definition) is 3. The number of hydrogen-bond acceptors (Lipinski definition) is 3. The highest BCUT2D eigenvalue weighted by Gasteiger charge is 2.37. The molecule has 0 spiro atoms. The molecule has 20 heavy (non-hydrogen) atoms. The van der Waals surface area contributed by atoms with E-state index in [1.165, 1.54) is 0 Å². The summed E-state index contributed by atoms with van der Waals surface area (Å²) >= 11 is 0. The van der Waals surface area contributed by atoms with Crippen molar-refractivity contribution in [3.8, 4) is 0 Å². The van der Waals surface area contributed by atoms with Crippen molar-refractivity contribution in [3.63, 3.8) is 0 Å². The van der Waals surface area contributed by atoms with E-state index in [1.807, 2.05) is 38.1 Å². The molecule has 0 aliphatic carbocycles. The van der Waals surface area contributed by atoms with Crippen molar-refractivity contribution in [2.75, 3.05) is 18.4 Å². The van der Waals surface area contributed by atoms with Gasteiger partial charge >= 0.3 is 0 Å². The first-order chi connectivity index (χ1) is 9.55. The van der Waals surface area contributed by atoms with Gasteiger partial charge in [-0.05, 0) is 37.9 Å². The Morgan fingerprint density at radius 2 is 2.20 bits per heavy atom. The van der Waals surface area contributed by atoms with Crippen LogP contribution < -0.4 is 10.6 Å². The summed E-state index contributed by atoms with van der Waals surface area (Å²) < 4.78 is 0. The number of carbonyl (C=O) groups is 1. The molecule has 110 valence electrons. The van der Waals surface area contributed by atoms with E-state index in [-0.39, 0.29) is 12.5 Å². The van der Waals surface area contributed by atoms with E-state index >= 15 is 0 Å². The van der Waals surface area contributed by atoms with Crippen LogP contribution in [0.15, 0.2) is 24.3 Å². The Bertz CT molecular complexity index is 465. The smallest absolute Gasteiger partial charge is 0.230 e. The molecule has 1 aliphatic rings. The third-order valence-electron chi connectivity index (χ3n) is 4.34. The molecule has 1 atom stereocenters. The highest BCUT2D eigenvalue weighted by atomic mass is 16.3. The van der Waals surface area contributed by atoms with Crippen molar-refractivity contribution in [2.45, 2.75) is 33.3 Å². The second-order valence-electron chi connectivity index (χ2n) is 6.03. The Labute approximate surface area is 120 Å². The Hall–Kier alpha value is -1.39. The highest BCUT2D eigenvalue weighted by molar-refractivity contribution is 5.95. The standard InChI is InChI=1S/C16H24N2O2/c1-16(2,13-7-5-9-17-10-13)15(20)18-14-8-4-3-6-12(14)11-19/h3-4,6,8,13,17,19H,5,7,9-11H2,1-2H3,(H,18,20). The molecule has 0 saturated carbocycles. The van der Waals surface area contributed by atoms with Gasteiger partial charge < -0.3 is 15.7 Å². The van der Waals surface area contributed by atoms with E-state index in [9.17, 15) is 9.90 Å². The first-order valence-corrected chi connectivity index (χ1v) is 7.26. The lowest BCUT2D eigenvalue weighted by molar-refractivity contribution is -0.127. The zero-order valence-electron chi connectivity index (χ0n) is 12.3. The summed E-state index contributed by atoms with van der Waals surface area (Å²) in [6.45, 7) is 5.87. The summed E-state index contributed by atoms with van der Waals surface area (Å²) in [6.07, 6.45) is 2.20. The molecular formula is C16H24N2O2. The van der Waals surface area contributed by atoms with E-state index in [4.69, 9.17) is 0 Å². The van der Waals surface area contributed by atoms with Crippen LogP contribution in [0, 0.1) is 11.3 Å². The minimum Gasteiger partial charge on any atom is -0.392 e. The van der Waals surface area contributed by atoms with Crippen molar-refractivity contribution in [2.24, 2.45) is 11.3 Å². The molecule has 0 aromatic heterocycles. The number of rotatable bonds is 4. The molecule has 1 amide bonds. The number of amides is 1. The number of para-hydroxylation sites is 1. The Morgan fingerprint density at radius 1 is 1.45 bits per heavy atom. The lowest BCUT2D eigenvalue weighted by atomic mass is 9.74. The fourth-order valence-corrected chi connectivity index (χ4v) is 2.72. The van der Waals surface area contributed by atoms with E-state index in [0.717, 1.165) is 31.5 Å².